The zero-order valence-corrected chi connectivity index (χ0v) is 24.7. The fourth-order valence-electron chi connectivity index (χ4n) is 7.62. The van der Waals surface area contributed by atoms with Gasteiger partial charge in [-0.3, -0.25) is 9.69 Å². The fourth-order valence-corrected chi connectivity index (χ4v) is 7.62. The zero-order valence-electron chi connectivity index (χ0n) is 24.7. The Balaban J connectivity index is 1.26. The minimum absolute atomic E-state index is 0.0763. The molecule has 2 heterocycles. The number of carbonyl (C=O) groups is 1. The number of ether oxygens (including phenoxy) is 1. The second kappa shape index (κ2) is 11.2. The number of methoxy groups -OCH3 is 1. The molecule has 41 heavy (non-hydrogen) atoms. The summed E-state index contributed by atoms with van der Waals surface area (Å²) in [5.41, 5.74) is 4.62. The molecule has 218 valence electrons. The number of carbonyl (C=O) groups excluding carboxylic acids is 1. The third kappa shape index (κ3) is 5.41. The minimum atomic E-state index is -0.293. The highest BCUT2D eigenvalue weighted by molar-refractivity contribution is 5.94. The SMILES string of the molecule is CCc1nc(-c2ccnc(N(CC34CCC(c5ccc(OC)c(C)c5)(CC3)CC4)C(=O)C3CCC(O)CC3)c2)co1. The van der Waals surface area contributed by atoms with E-state index in [1.165, 1.54) is 11.1 Å². The van der Waals surface area contributed by atoms with Gasteiger partial charge in [-0.1, -0.05) is 19.1 Å². The molecule has 1 aromatic carbocycles. The average molecular weight is 558 g/mol. The number of hydrogen-bond donors (Lipinski definition) is 1. The number of hydrogen-bond acceptors (Lipinski definition) is 6. The van der Waals surface area contributed by atoms with E-state index in [4.69, 9.17) is 14.1 Å². The standard InChI is InChI=1S/C34H43N3O4/c1-4-31-36-28(21-41-31)25-11-18-35-30(20-25)37(32(39)24-5-8-27(38)9-6-24)22-33-12-15-34(16-13-33,17-14-33)26-7-10-29(40-3)23(2)19-26/h7,10-11,18-21,24,27,38H,4-6,8-9,12-17,22H2,1-3H3. The van der Waals surface area contributed by atoms with Crippen LogP contribution in [0.1, 0.15) is 88.1 Å². The number of amides is 1. The largest absolute Gasteiger partial charge is 0.496 e. The van der Waals surface area contributed by atoms with Crippen molar-refractivity contribution < 1.29 is 19.1 Å². The predicted octanol–water partition coefficient (Wildman–Crippen LogP) is 6.79. The number of anilines is 1. The van der Waals surface area contributed by atoms with Crippen LogP contribution < -0.4 is 9.64 Å². The Bertz CT molecular complexity index is 1370. The van der Waals surface area contributed by atoms with Crippen LogP contribution in [-0.4, -0.2) is 40.7 Å². The van der Waals surface area contributed by atoms with Gasteiger partial charge in [0, 0.05) is 30.6 Å². The number of rotatable bonds is 8. The average Bonchev–Trinajstić information content (AvgIpc) is 3.51. The molecule has 2 aromatic heterocycles. The normalized spacial score (nSPS) is 27.5. The highest BCUT2D eigenvalue weighted by Crippen LogP contribution is 2.58. The van der Waals surface area contributed by atoms with Gasteiger partial charge < -0.3 is 14.3 Å². The molecule has 4 aliphatic carbocycles. The molecule has 0 aliphatic heterocycles. The van der Waals surface area contributed by atoms with Gasteiger partial charge in [0.15, 0.2) is 5.89 Å². The molecular weight excluding hydrogens is 514 g/mol. The first kappa shape index (κ1) is 28.0. The summed E-state index contributed by atoms with van der Waals surface area (Å²) < 4.78 is 11.1. The van der Waals surface area contributed by atoms with Crippen molar-refractivity contribution in [2.45, 2.75) is 96.0 Å². The summed E-state index contributed by atoms with van der Waals surface area (Å²) in [5.74, 6) is 2.42. The van der Waals surface area contributed by atoms with E-state index in [0.717, 1.165) is 74.8 Å². The van der Waals surface area contributed by atoms with Crippen LogP contribution in [0.3, 0.4) is 0 Å². The van der Waals surface area contributed by atoms with Gasteiger partial charge in [-0.05, 0) is 111 Å². The maximum atomic E-state index is 14.2. The number of aliphatic hydroxyl groups excluding tert-OH is 1. The Labute approximate surface area is 243 Å². The Morgan fingerprint density at radius 3 is 2.44 bits per heavy atom. The zero-order chi connectivity index (χ0) is 28.6. The van der Waals surface area contributed by atoms with Gasteiger partial charge in [0.05, 0.1) is 13.2 Å². The van der Waals surface area contributed by atoms with Crippen molar-refractivity contribution in [2.24, 2.45) is 11.3 Å². The van der Waals surface area contributed by atoms with Gasteiger partial charge in [-0.2, -0.15) is 0 Å². The number of nitrogens with zero attached hydrogens (tertiary/aromatic N) is 3. The number of oxazole rings is 1. The Morgan fingerprint density at radius 2 is 1.80 bits per heavy atom. The molecule has 4 fully saturated rings. The molecule has 0 spiro atoms. The monoisotopic (exact) mass is 557 g/mol. The highest BCUT2D eigenvalue weighted by Gasteiger charge is 2.50. The summed E-state index contributed by atoms with van der Waals surface area (Å²) in [7, 11) is 1.73. The summed E-state index contributed by atoms with van der Waals surface area (Å²) in [6.07, 6.45) is 13.5. The Hall–Kier alpha value is -3.19. The first-order chi connectivity index (χ1) is 19.8. The lowest BCUT2D eigenvalue weighted by Gasteiger charge is -2.55. The van der Waals surface area contributed by atoms with E-state index in [9.17, 15) is 9.90 Å². The van der Waals surface area contributed by atoms with Gasteiger partial charge in [-0.15, -0.1) is 0 Å². The summed E-state index contributed by atoms with van der Waals surface area (Å²) in [5, 5.41) is 10.1. The highest BCUT2D eigenvalue weighted by atomic mass is 16.5. The van der Waals surface area contributed by atoms with E-state index >= 15 is 0 Å². The number of benzene rings is 1. The fraction of sp³-hybridized carbons (Fsp3) is 0.559. The summed E-state index contributed by atoms with van der Waals surface area (Å²) in [6, 6.07) is 10.6. The molecule has 0 saturated heterocycles. The third-order valence-corrected chi connectivity index (χ3v) is 10.4. The maximum absolute atomic E-state index is 14.2. The van der Waals surface area contributed by atoms with Crippen LogP contribution in [0.2, 0.25) is 0 Å². The van der Waals surface area contributed by atoms with Crippen molar-refractivity contribution in [1.82, 2.24) is 9.97 Å². The van der Waals surface area contributed by atoms with E-state index in [1.807, 2.05) is 24.0 Å². The molecule has 1 N–H and O–H groups in total. The lowest BCUT2D eigenvalue weighted by molar-refractivity contribution is -0.124. The lowest BCUT2D eigenvalue weighted by atomic mass is 9.51. The van der Waals surface area contributed by atoms with Gasteiger partial charge in [0.1, 0.15) is 23.5 Å². The molecular formula is C34H43N3O4. The molecule has 3 aromatic rings. The molecule has 4 saturated carbocycles. The van der Waals surface area contributed by atoms with Crippen LogP contribution in [-0.2, 0) is 16.6 Å². The molecule has 0 radical (unpaired) electrons. The number of aliphatic hydroxyl groups is 1. The second-order valence-electron chi connectivity index (χ2n) is 12.8. The third-order valence-electron chi connectivity index (χ3n) is 10.4. The van der Waals surface area contributed by atoms with Crippen LogP contribution in [0.15, 0.2) is 47.2 Å². The van der Waals surface area contributed by atoms with Crippen LogP contribution in [0, 0.1) is 18.3 Å². The molecule has 0 unspecified atom stereocenters. The van der Waals surface area contributed by atoms with E-state index in [0.29, 0.717) is 31.1 Å². The van der Waals surface area contributed by atoms with E-state index < -0.39 is 0 Å². The van der Waals surface area contributed by atoms with Gasteiger partial charge >= 0.3 is 0 Å². The van der Waals surface area contributed by atoms with E-state index in [-0.39, 0.29) is 28.8 Å². The van der Waals surface area contributed by atoms with Crippen LogP contribution in [0.25, 0.3) is 11.3 Å². The number of aromatic nitrogens is 2. The smallest absolute Gasteiger partial charge is 0.231 e. The van der Waals surface area contributed by atoms with E-state index in [2.05, 4.69) is 30.1 Å². The molecule has 7 rings (SSSR count). The van der Waals surface area contributed by atoms with E-state index in [1.54, 1.807) is 19.6 Å². The summed E-state index contributed by atoms with van der Waals surface area (Å²) in [4.78, 5) is 25.5. The second-order valence-corrected chi connectivity index (χ2v) is 12.8. The maximum Gasteiger partial charge on any atom is 0.231 e. The first-order valence-electron chi connectivity index (χ1n) is 15.4. The van der Waals surface area contributed by atoms with Crippen molar-refractivity contribution in [3.05, 3.63) is 59.8 Å². The van der Waals surface area contributed by atoms with Crippen molar-refractivity contribution in [1.29, 1.82) is 0 Å². The van der Waals surface area contributed by atoms with Crippen molar-refractivity contribution in [3.8, 4) is 17.0 Å². The quantitative estimate of drug-likeness (QED) is 0.328. The predicted molar refractivity (Wildman–Crippen MR) is 159 cm³/mol. The Kier molecular flexibility index (Phi) is 7.66. The molecule has 0 atom stereocenters. The topological polar surface area (TPSA) is 88.7 Å². The van der Waals surface area contributed by atoms with Crippen molar-refractivity contribution >= 4 is 11.7 Å². The van der Waals surface area contributed by atoms with Gasteiger partial charge in [-0.25, -0.2) is 9.97 Å². The van der Waals surface area contributed by atoms with Gasteiger partial charge in [0.2, 0.25) is 5.91 Å². The lowest BCUT2D eigenvalue weighted by Crippen LogP contribution is -2.52. The number of aryl methyl sites for hydroxylation is 2. The van der Waals surface area contributed by atoms with Crippen molar-refractivity contribution in [3.63, 3.8) is 0 Å². The van der Waals surface area contributed by atoms with Gasteiger partial charge in [0.25, 0.3) is 0 Å². The molecule has 7 heteroatoms. The molecule has 2 bridgehead atoms. The molecule has 7 nitrogen and oxygen atoms in total. The Morgan fingerprint density at radius 1 is 1.07 bits per heavy atom. The minimum Gasteiger partial charge on any atom is -0.496 e. The molecule has 1 amide bonds. The van der Waals surface area contributed by atoms with Crippen LogP contribution in [0.5, 0.6) is 5.75 Å². The van der Waals surface area contributed by atoms with Crippen LogP contribution >= 0.6 is 0 Å². The van der Waals surface area contributed by atoms with Crippen molar-refractivity contribution in [2.75, 3.05) is 18.6 Å². The summed E-state index contributed by atoms with van der Waals surface area (Å²) in [6.45, 7) is 4.84. The number of fused-ring (bicyclic) bond motifs is 3. The molecule has 4 aliphatic rings. The van der Waals surface area contributed by atoms with Crippen LogP contribution in [0.4, 0.5) is 5.82 Å². The first-order valence-corrected chi connectivity index (χ1v) is 15.4. The number of pyridine rings is 1. The summed E-state index contributed by atoms with van der Waals surface area (Å²) >= 11 is 0.